The SMILES string of the molecule is CCCNC(C)(CCCSCCS(C)(=O)=O)C(=O)OC. The molecule has 0 aliphatic carbocycles. The van der Waals surface area contributed by atoms with E-state index in [1.807, 2.05) is 13.8 Å². The van der Waals surface area contributed by atoms with E-state index < -0.39 is 15.4 Å². The van der Waals surface area contributed by atoms with Crippen molar-refractivity contribution in [3.8, 4) is 0 Å². The fourth-order valence-electron chi connectivity index (χ4n) is 1.73. The first-order chi connectivity index (χ1) is 9.25. The molecule has 20 heavy (non-hydrogen) atoms. The number of sulfone groups is 1. The van der Waals surface area contributed by atoms with Crippen molar-refractivity contribution in [1.82, 2.24) is 5.32 Å². The molecule has 0 saturated carbocycles. The molecule has 0 rings (SSSR count). The number of esters is 1. The molecule has 120 valence electrons. The maximum Gasteiger partial charge on any atom is 0.325 e. The van der Waals surface area contributed by atoms with Crippen LogP contribution in [0.1, 0.15) is 33.1 Å². The van der Waals surface area contributed by atoms with Crippen molar-refractivity contribution in [2.75, 3.05) is 37.2 Å². The molecule has 0 spiro atoms. The number of rotatable bonds is 11. The molecule has 0 aromatic heterocycles. The Morgan fingerprint density at radius 3 is 2.50 bits per heavy atom. The van der Waals surface area contributed by atoms with Gasteiger partial charge in [-0.3, -0.25) is 4.79 Å². The van der Waals surface area contributed by atoms with Crippen molar-refractivity contribution >= 4 is 27.6 Å². The van der Waals surface area contributed by atoms with E-state index >= 15 is 0 Å². The average Bonchev–Trinajstić information content (AvgIpc) is 2.38. The van der Waals surface area contributed by atoms with Crippen LogP contribution in [0.15, 0.2) is 0 Å². The Morgan fingerprint density at radius 2 is 2.00 bits per heavy atom. The fourth-order valence-corrected chi connectivity index (χ4v) is 3.96. The van der Waals surface area contributed by atoms with E-state index in [4.69, 9.17) is 4.74 Å². The van der Waals surface area contributed by atoms with Crippen LogP contribution in [0.2, 0.25) is 0 Å². The standard InChI is InChI=1S/C13H27NO4S2/c1-5-8-14-13(2,12(15)18-3)7-6-9-19-10-11-20(4,16)17/h14H,5-11H2,1-4H3. The first kappa shape index (κ1) is 19.7. The van der Waals surface area contributed by atoms with E-state index in [1.165, 1.54) is 13.4 Å². The summed E-state index contributed by atoms with van der Waals surface area (Å²) in [7, 11) is -1.48. The highest BCUT2D eigenvalue weighted by Gasteiger charge is 2.32. The van der Waals surface area contributed by atoms with E-state index in [1.54, 1.807) is 11.8 Å². The molecule has 0 aromatic carbocycles. The largest absolute Gasteiger partial charge is 0.468 e. The molecule has 0 saturated heterocycles. The molecule has 5 nitrogen and oxygen atoms in total. The molecule has 0 bridgehead atoms. The third-order valence-corrected chi connectivity index (χ3v) is 5.24. The minimum absolute atomic E-state index is 0.208. The van der Waals surface area contributed by atoms with Gasteiger partial charge in [-0.15, -0.1) is 0 Å². The number of methoxy groups -OCH3 is 1. The van der Waals surface area contributed by atoms with E-state index in [0.717, 1.165) is 25.1 Å². The number of hydrogen-bond donors (Lipinski definition) is 1. The minimum Gasteiger partial charge on any atom is -0.468 e. The number of carbonyl (C=O) groups excluding carboxylic acids is 1. The zero-order valence-corrected chi connectivity index (χ0v) is 14.5. The van der Waals surface area contributed by atoms with Crippen LogP contribution < -0.4 is 5.32 Å². The van der Waals surface area contributed by atoms with E-state index in [2.05, 4.69) is 5.32 Å². The molecule has 0 aromatic rings. The van der Waals surface area contributed by atoms with Gasteiger partial charge in [-0.05, 0) is 38.5 Å². The minimum atomic E-state index is -2.88. The molecule has 0 amide bonds. The summed E-state index contributed by atoms with van der Waals surface area (Å²) < 4.78 is 26.8. The molecule has 1 N–H and O–H groups in total. The normalized spacial score (nSPS) is 14.8. The smallest absolute Gasteiger partial charge is 0.325 e. The molecule has 7 heteroatoms. The second-order valence-electron chi connectivity index (χ2n) is 5.10. The Morgan fingerprint density at radius 1 is 1.35 bits per heavy atom. The van der Waals surface area contributed by atoms with Gasteiger partial charge in [-0.2, -0.15) is 11.8 Å². The van der Waals surface area contributed by atoms with Gasteiger partial charge in [-0.25, -0.2) is 8.42 Å². The van der Waals surface area contributed by atoms with Crippen LogP contribution in [-0.4, -0.2) is 57.1 Å². The van der Waals surface area contributed by atoms with Gasteiger partial charge in [0.2, 0.25) is 0 Å². The topological polar surface area (TPSA) is 72.5 Å². The van der Waals surface area contributed by atoms with Crippen molar-refractivity contribution in [1.29, 1.82) is 0 Å². The second-order valence-corrected chi connectivity index (χ2v) is 8.58. The molecule has 0 aliphatic heterocycles. The van der Waals surface area contributed by atoms with Gasteiger partial charge in [0.1, 0.15) is 15.4 Å². The number of thioether (sulfide) groups is 1. The zero-order valence-electron chi connectivity index (χ0n) is 12.9. The molecule has 0 heterocycles. The second kappa shape index (κ2) is 9.63. The number of carbonyl (C=O) groups is 1. The molecule has 0 radical (unpaired) electrons. The lowest BCUT2D eigenvalue weighted by molar-refractivity contribution is -0.148. The summed E-state index contributed by atoms with van der Waals surface area (Å²) in [4.78, 5) is 11.8. The Bertz CT molecular complexity index is 384. The third-order valence-electron chi connectivity index (χ3n) is 2.96. The first-order valence-corrected chi connectivity index (χ1v) is 10.1. The highest BCUT2D eigenvalue weighted by molar-refractivity contribution is 8.00. The molecule has 0 aliphatic rings. The van der Waals surface area contributed by atoms with Crippen LogP contribution in [0.5, 0.6) is 0 Å². The van der Waals surface area contributed by atoms with E-state index in [9.17, 15) is 13.2 Å². The molecular weight excluding hydrogens is 298 g/mol. The van der Waals surface area contributed by atoms with Gasteiger partial charge in [-0.1, -0.05) is 6.92 Å². The summed E-state index contributed by atoms with van der Waals surface area (Å²) in [6, 6.07) is 0. The molecule has 1 atom stereocenters. The van der Waals surface area contributed by atoms with Crippen LogP contribution in [0.25, 0.3) is 0 Å². The van der Waals surface area contributed by atoms with Crippen LogP contribution in [0, 0.1) is 0 Å². The predicted octanol–water partition coefficient (Wildman–Crippen LogP) is 1.48. The van der Waals surface area contributed by atoms with Gasteiger partial charge >= 0.3 is 5.97 Å². The Kier molecular flexibility index (Phi) is 9.50. The maximum atomic E-state index is 11.8. The van der Waals surface area contributed by atoms with Gasteiger partial charge in [0.15, 0.2) is 0 Å². The monoisotopic (exact) mass is 325 g/mol. The third kappa shape index (κ3) is 8.81. The van der Waals surface area contributed by atoms with E-state index in [-0.39, 0.29) is 11.7 Å². The lowest BCUT2D eigenvalue weighted by Gasteiger charge is -2.28. The van der Waals surface area contributed by atoms with Crippen molar-refractivity contribution in [3.63, 3.8) is 0 Å². The molecular formula is C13H27NO4S2. The quantitative estimate of drug-likeness (QED) is 0.458. The van der Waals surface area contributed by atoms with Crippen LogP contribution >= 0.6 is 11.8 Å². The van der Waals surface area contributed by atoms with E-state index in [0.29, 0.717) is 12.2 Å². The summed E-state index contributed by atoms with van der Waals surface area (Å²) in [5.74, 6) is 1.42. The number of nitrogens with one attached hydrogen (secondary N) is 1. The fraction of sp³-hybridized carbons (Fsp3) is 0.923. The van der Waals surface area contributed by atoms with Gasteiger partial charge < -0.3 is 10.1 Å². The summed E-state index contributed by atoms with van der Waals surface area (Å²) in [6.07, 6.45) is 3.73. The number of ether oxygens (including phenoxy) is 1. The Labute approximate surface area is 127 Å². The van der Waals surface area contributed by atoms with Crippen LogP contribution in [0.4, 0.5) is 0 Å². The molecule has 1 unspecified atom stereocenters. The highest BCUT2D eigenvalue weighted by atomic mass is 32.2. The first-order valence-electron chi connectivity index (χ1n) is 6.84. The van der Waals surface area contributed by atoms with Crippen molar-refractivity contribution in [2.45, 2.75) is 38.6 Å². The number of hydrogen-bond acceptors (Lipinski definition) is 6. The average molecular weight is 325 g/mol. The van der Waals surface area contributed by atoms with Gasteiger partial charge in [0, 0.05) is 12.0 Å². The Balaban J connectivity index is 4.05. The van der Waals surface area contributed by atoms with Crippen molar-refractivity contribution in [3.05, 3.63) is 0 Å². The maximum absolute atomic E-state index is 11.8. The van der Waals surface area contributed by atoms with Crippen molar-refractivity contribution < 1.29 is 17.9 Å². The summed E-state index contributed by atoms with van der Waals surface area (Å²) >= 11 is 1.60. The Hall–Kier alpha value is -0.270. The summed E-state index contributed by atoms with van der Waals surface area (Å²) in [5, 5.41) is 3.23. The summed E-state index contributed by atoms with van der Waals surface area (Å²) in [6.45, 7) is 4.67. The van der Waals surface area contributed by atoms with Crippen LogP contribution in [0.3, 0.4) is 0 Å². The zero-order chi connectivity index (χ0) is 15.6. The highest BCUT2D eigenvalue weighted by Crippen LogP contribution is 2.17. The molecule has 0 fully saturated rings. The van der Waals surface area contributed by atoms with Crippen LogP contribution in [-0.2, 0) is 19.4 Å². The van der Waals surface area contributed by atoms with Gasteiger partial charge in [0.25, 0.3) is 0 Å². The van der Waals surface area contributed by atoms with Crippen molar-refractivity contribution in [2.24, 2.45) is 0 Å². The summed E-state index contributed by atoms with van der Waals surface area (Å²) in [5.41, 5.74) is -0.651. The lowest BCUT2D eigenvalue weighted by atomic mass is 9.96. The van der Waals surface area contributed by atoms with Gasteiger partial charge in [0.05, 0.1) is 12.9 Å². The predicted molar refractivity (Wildman–Crippen MR) is 85.0 cm³/mol. The lowest BCUT2D eigenvalue weighted by Crippen LogP contribution is -2.50.